The summed E-state index contributed by atoms with van der Waals surface area (Å²) in [5.74, 6) is 0. The molecule has 74 valence electrons. The molecule has 0 heterocycles. The van der Waals surface area contributed by atoms with Gasteiger partial charge in [-0.2, -0.15) is 18.4 Å². The summed E-state index contributed by atoms with van der Waals surface area (Å²) in [5.41, 5.74) is 1.11. The van der Waals surface area contributed by atoms with E-state index < -0.39 is 5.51 Å². The zero-order valence-corrected chi connectivity index (χ0v) is 7.62. The van der Waals surface area contributed by atoms with Gasteiger partial charge in [0.15, 0.2) is 0 Å². The van der Waals surface area contributed by atoms with Crippen LogP contribution in [-0.2, 0) is 0 Å². The van der Waals surface area contributed by atoms with Crippen molar-refractivity contribution >= 4 is 17.4 Å². The van der Waals surface area contributed by atoms with E-state index in [9.17, 15) is 13.2 Å². The largest absolute Gasteiger partial charge is 0.446 e. The number of benzene rings is 1. The van der Waals surface area contributed by atoms with E-state index in [1.807, 2.05) is 0 Å². The number of thioether (sulfide) groups is 1. The summed E-state index contributed by atoms with van der Waals surface area (Å²) in [6.45, 7) is 0. The van der Waals surface area contributed by atoms with Crippen molar-refractivity contribution in [1.82, 2.24) is 0 Å². The summed E-state index contributed by atoms with van der Waals surface area (Å²) in [6, 6.07) is 5.52. The first-order valence-corrected chi connectivity index (χ1v) is 4.29. The number of alkyl halides is 3. The molecule has 0 spiro atoms. The third-order valence-corrected chi connectivity index (χ3v) is 2.17. The molecule has 0 atom stereocenters. The first kappa shape index (κ1) is 10.7. The molecule has 0 unspecified atom stereocenters. The van der Waals surface area contributed by atoms with Crippen molar-refractivity contribution in [3.05, 3.63) is 23.8 Å². The summed E-state index contributed by atoms with van der Waals surface area (Å²) in [5, 5.41) is 8.47. The van der Waals surface area contributed by atoms with Gasteiger partial charge in [-0.25, -0.2) is 0 Å². The molecule has 2 nitrogen and oxygen atoms in total. The van der Waals surface area contributed by atoms with E-state index in [0.29, 0.717) is 0 Å². The number of hydrogen-bond donors (Lipinski definition) is 1. The summed E-state index contributed by atoms with van der Waals surface area (Å²) in [4.78, 5) is -0.142. The van der Waals surface area contributed by atoms with Crippen LogP contribution in [0.3, 0.4) is 0 Å². The number of hydrogen-bond acceptors (Lipinski definition) is 3. The summed E-state index contributed by atoms with van der Waals surface area (Å²) >= 11 is -0.319. The molecule has 1 aromatic rings. The first-order valence-electron chi connectivity index (χ1n) is 3.48. The molecule has 2 N–H and O–H groups in total. The quantitative estimate of drug-likeness (QED) is 0.582. The monoisotopic (exact) mass is 218 g/mol. The minimum Gasteiger partial charge on any atom is -0.398 e. The van der Waals surface area contributed by atoms with Gasteiger partial charge >= 0.3 is 5.51 Å². The van der Waals surface area contributed by atoms with Crippen LogP contribution in [0, 0.1) is 11.3 Å². The van der Waals surface area contributed by atoms with Crippen molar-refractivity contribution in [2.24, 2.45) is 0 Å². The Morgan fingerprint density at radius 3 is 2.50 bits per heavy atom. The Morgan fingerprint density at radius 1 is 1.36 bits per heavy atom. The minimum atomic E-state index is -4.39. The molecule has 0 aromatic heterocycles. The van der Waals surface area contributed by atoms with Gasteiger partial charge in [0.05, 0.1) is 11.6 Å². The van der Waals surface area contributed by atoms with Gasteiger partial charge < -0.3 is 5.73 Å². The molecule has 6 heteroatoms. The minimum absolute atomic E-state index is 0.0197. The van der Waals surface area contributed by atoms with Crippen LogP contribution in [-0.4, -0.2) is 5.51 Å². The van der Waals surface area contributed by atoms with Gasteiger partial charge in [-0.15, -0.1) is 0 Å². The lowest BCUT2D eigenvalue weighted by molar-refractivity contribution is -0.0327. The average molecular weight is 218 g/mol. The van der Waals surface area contributed by atoms with Crippen LogP contribution in [0.1, 0.15) is 5.56 Å². The average Bonchev–Trinajstić information content (AvgIpc) is 2.06. The molecular weight excluding hydrogens is 213 g/mol. The highest BCUT2D eigenvalue weighted by Gasteiger charge is 2.30. The highest BCUT2D eigenvalue weighted by molar-refractivity contribution is 8.00. The lowest BCUT2D eigenvalue weighted by Crippen LogP contribution is -2.01. The number of nitrogens with zero attached hydrogens (tertiary/aromatic N) is 1. The second kappa shape index (κ2) is 3.80. The second-order valence-corrected chi connectivity index (χ2v) is 3.52. The molecule has 0 fully saturated rings. The maximum atomic E-state index is 12.0. The molecule has 14 heavy (non-hydrogen) atoms. The Balaban J connectivity index is 3.03. The predicted molar refractivity (Wildman–Crippen MR) is 47.5 cm³/mol. The molecular formula is C8H5F3N2S. The topological polar surface area (TPSA) is 49.8 Å². The summed E-state index contributed by atoms with van der Waals surface area (Å²) in [6.07, 6.45) is 0. The normalized spacial score (nSPS) is 11.0. The molecule has 0 saturated heterocycles. The molecule has 0 aliphatic heterocycles. The van der Waals surface area contributed by atoms with E-state index in [2.05, 4.69) is 0 Å². The molecule has 0 aliphatic carbocycles. The van der Waals surface area contributed by atoms with Crippen molar-refractivity contribution in [2.45, 2.75) is 10.4 Å². The zero-order chi connectivity index (χ0) is 10.8. The molecule has 0 amide bonds. The Kier molecular flexibility index (Phi) is 2.91. The van der Waals surface area contributed by atoms with Crippen LogP contribution < -0.4 is 5.73 Å². The lowest BCUT2D eigenvalue weighted by Gasteiger charge is -2.07. The van der Waals surface area contributed by atoms with Crippen LogP contribution in [0.25, 0.3) is 0 Å². The van der Waals surface area contributed by atoms with Crippen LogP contribution in [0.5, 0.6) is 0 Å². The van der Waals surface area contributed by atoms with E-state index in [-0.39, 0.29) is 27.9 Å². The van der Waals surface area contributed by atoms with Crippen LogP contribution in [0.4, 0.5) is 18.9 Å². The van der Waals surface area contributed by atoms with Gasteiger partial charge in [0, 0.05) is 10.6 Å². The van der Waals surface area contributed by atoms with E-state index in [4.69, 9.17) is 11.0 Å². The van der Waals surface area contributed by atoms with Crippen LogP contribution >= 0.6 is 11.8 Å². The highest BCUT2D eigenvalue weighted by Crippen LogP contribution is 2.39. The van der Waals surface area contributed by atoms with Crippen molar-refractivity contribution in [3.63, 3.8) is 0 Å². The highest BCUT2D eigenvalue weighted by atomic mass is 32.2. The maximum absolute atomic E-state index is 12.0. The Morgan fingerprint density at radius 2 is 2.00 bits per heavy atom. The van der Waals surface area contributed by atoms with Gasteiger partial charge in [-0.05, 0) is 30.0 Å². The molecule has 0 saturated carbocycles. The van der Waals surface area contributed by atoms with Crippen molar-refractivity contribution in [2.75, 3.05) is 5.73 Å². The van der Waals surface area contributed by atoms with E-state index in [1.54, 1.807) is 6.07 Å². The van der Waals surface area contributed by atoms with E-state index >= 15 is 0 Å². The summed E-state index contributed by atoms with van der Waals surface area (Å²) < 4.78 is 35.9. The summed E-state index contributed by atoms with van der Waals surface area (Å²) in [7, 11) is 0. The predicted octanol–water partition coefficient (Wildman–Crippen LogP) is 2.75. The van der Waals surface area contributed by atoms with Crippen molar-refractivity contribution in [3.8, 4) is 6.07 Å². The van der Waals surface area contributed by atoms with E-state index in [1.165, 1.54) is 12.1 Å². The Labute approximate surface area is 82.5 Å². The number of anilines is 1. The Bertz CT molecular complexity index is 381. The lowest BCUT2D eigenvalue weighted by atomic mass is 10.2. The number of rotatable bonds is 1. The number of nitrogen functional groups attached to an aromatic ring is 1. The molecule has 0 bridgehead atoms. The van der Waals surface area contributed by atoms with Gasteiger partial charge in [0.2, 0.25) is 0 Å². The SMILES string of the molecule is N#Cc1ccc(N)c(SC(F)(F)F)c1. The maximum Gasteiger partial charge on any atom is 0.446 e. The fraction of sp³-hybridized carbons (Fsp3) is 0.125. The smallest absolute Gasteiger partial charge is 0.398 e. The number of nitrogens with two attached hydrogens (primary N) is 1. The van der Waals surface area contributed by atoms with Gasteiger partial charge in [-0.3, -0.25) is 0 Å². The second-order valence-electron chi connectivity index (χ2n) is 2.41. The van der Waals surface area contributed by atoms with E-state index in [0.717, 1.165) is 6.07 Å². The fourth-order valence-corrected chi connectivity index (χ4v) is 1.44. The first-order chi connectivity index (χ1) is 6.42. The van der Waals surface area contributed by atoms with Crippen molar-refractivity contribution < 1.29 is 13.2 Å². The number of halogens is 3. The third kappa shape index (κ3) is 2.85. The Hall–Kier alpha value is -1.35. The van der Waals surface area contributed by atoms with Crippen molar-refractivity contribution in [1.29, 1.82) is 5.26 Å². The number of nitriles is 1. The zero-order valence-electron chi connectivity index (χ0n) is 6.80. The molecule has 1 aromatic carbocycles. The fourth-order valence-electron chi connectivity index (χ4n) is 0.817. The van der Waals surface area contributed by atoms with Crippen LogP contribution in [0.2, 0.25) is 0 Å². The molecule has 1 rings (SSSR count). The van der Waals surface area contributed by atoms with Gasteiger partial charge in [0.25, 0.3) is 0 Å². The van der Waals surface area contributed by atoms with Gasteiger partial charge in [-0.1, -0.05) is 0 Å². The van der Waals surface area contributed by atoms with Gasteiger partial charge in [0.1, 0.15) is 0 Å². The molecule has 0 radical (unpaired) electrons. The standard InChI is InChI=1S/C8H5F3N2S/c9-8(10,11)14-7-3-5(4-12)1-2-6(7)13/h1-3H,13H2. The molecule has 0 aliphatic rings. The third-order valence-electron chi connectivity index (χ3n) is 1.37. The van der Waals surface area contributed by atoms with Crippen LogP contribution in [0.15, 0.2) is 23.1 Å².